The molecule has 8 heteroatoms. The summed E-state index contributed by atoms with van der Waals surface area (Å²) < 4.78 is 45.5. The number of nitrogens with one attached hydrogen (secondary N) is 1. The molecule has 132 valence electrons. The van der Waals surface area contributed by atoms with Crippen molar-refractivity contribution in [1.29, 1.82) is 0 Å². The van der Waals surface area contributed by atoms with E-state index in [1.165, 1.54) is 24.3 Å². The Bertz CT molecular complexity index is 990. The van der Waals surface area contributed by atoms with Gasteiger partial charge >= 0.3 is 0 Å². The van der Waals surface area contributed by atoms with Crippen molar-refractivity contribution >= 4 is 37.3 Å². The molecule has 2 aromatic rings. The fourth-order valence-corrected chi connectivity index (χ4v) is 3.16. The summed E-state index contributed by atoms with van der Waals surface area (Å²) in [4.78, 5) is 4.70. The lowest BCUT2D eigenvalue weighted by Crippen LogP contribution is -1.97. The maximum Gasteiger partial charge on any atom is 0.175 e. The highest BCUT2D eigenvalue weighted by atomic mass is 32.2. The Labute approximate surface area is 147 Å². The normalized spacial score (nSPS) is 12.7. The summed E-state index contributed by atoms with van der Waals surface area (Å²) in [7, 11) is -6.40. The van der Waals surface area contributed by atoms with Gasteiger partial charge in [-0.25, -0.2) is 16.8 Å². The van der Waals surface area contributed by atoms with E-state index in [9.17, 15) is 16.8 Å². The molecule has 0 fully saturated rings. The number of nitrogens with zero attached hydrogens (tertiary/aromatic N) is 1. The minimum Gasteiger partial charge on any atom is -0.362 e. The molecule has 0 radical (unpaired) electrons. The average Bonchev–Trinajstić information content (AvgIpc) is 2.54. The molecule has 0 saturated heterocycles. The van der Waals surface area contributed by atoms with E-state index in [2.05, 4.69) is 10.3 Å². The highest BCUT2D eigenvalue weighted by molar-refractivity contribution is 7.91. The van der Waals surface area contributed by atoms with Gasteiger partial charge in [-0.3, -0.25) is 4.99 Å². The third-order valence-electron chi connectivity index (χ3n) is 3.20. The second-order valence-corrected chi connectivity index (χ2v) is 9.38. The number of benzene rings is 2. The van der Waals surface area contributed by atoms with Crippen LogP contribution in [0.2, 0.25) is 0 Å². The number of rotatable bonds is 6. The number of sulfone groups is 2. The fraction of sp³-hybridized carbons (Fsp3) is 0.118. The number of hydrogen-bond donors (Lipinski definition) is 1. The second-order valence-electron chi connectivity index (χ2n) is 5.34. The molecular formula is C17H18N2O4S2. The first-order valence-electron chi connectivity index (χ1n) is 7.22. The number of hydrogen-bond acceptors (Lipinski definition) is 6. The van der Waals surface area contributed by atoms with E-state index >= 15 is 0 Å². The van der Waals surface area contributed by atoms with E-state index in [4.69, 9.17) is 0 Å². The standard InChI is InChI=1S/C17H18N2O4S2/c1-24(20,21)16-8-4-14(5-9-16)18-12-3-13-19-15-6-10-17(11-7-15)25(2,22)23/h3-13,18H,1-2H3. The van der Waals surface area contributed by atoms with E-state index in [0.717, 1.165) is 18.2 Å². The molecule has 1 N–H and O–H groups in total. The van der Waals surface area contributed by atoms with Crippen LogP contribution < -0.4 is 5.32 Å². The molecule has 0 unspecified atom stereocenters. The molecule has 0 bridgehead atoms. The van der Waals surface area contributed by atoms with Crippen molar-refractivity contribution in [2.45, 2.75) is 9.79 Å². The Kier molecular flexibility index (Phi) is 5.76. The Morgan fingerprint density at radius 1 is 0.800 bits per heavy atom. The van der Waals surface area contributed by atoms with E-state index in [-0.39, 0.29) is 9.79 Å². The van der Waals surface area contributed by atoms with Gasteiger partial charge in [0.15, 0.2) is 19.7 Å². The summed E-state index contributed by atoms with van der Waals surface area (Å²) in [6.45, 7) is 0. The van der Waals surface area contributed by atoms with Crippen LogP contribution in [0.15, 0.2) is 75.6 Å². The highest BCUT2D eigenvalue weighted by Gasteiger charge is 2.06. The molecule has 2 rings (SSSR count). The number of allylic oxidation sites excluding steroid dienone is 1. The van der Waals surface area contributed by atoms with Crippen molar-refractivity contribution in [1.82, 2.24) is 0 Å². The SMILES string of the molecule is CS(=O)(=O)c1ccc(N=CC=CNc2ccc(S(C)(=O)=O)cc2)cc1. The second kappa shape index (κ2) is 7.62. The zero-order chi connectivity index (χ0) is 18.5. The smallest absolute Gasteiger partial charge is 0.175 e. The van der Waals surface area contributed by atoms with Gasteiger partial charge < -0.3 is 5.32 Å². The van der Waals surface area contributed by atoms with Crippen LogP contribution in [0.3, 0.4) is 0 Å². The summed E-state index contributed by atoms with van der Waals surface area (Å²) in [5, 5.41) is 2.99. The third-order valence-corrected chi connectivity index (χ3v) is 5.46. The Morgan fingerprint density at radius 3 is 1.76 bits per heavy atom. The summed E-state index contributed by atoms with van der Waals surface area (Å²) >= 11 is 0. The fourth-order valence-electron chi connectivity index (χ4n) is 1.89. The van der Waals surface area contributed by atoms with Crippen LogP contribution in [0, 0.1) is 0 Å². The van der Waals surface area contributed by atoms with Crippen LogP contribution in [-0.2, 0) is 19.7 Å². The molecule has 0 aromatic heterocycles. The molecule has 0 atom stereocenters. The van der Waals surface area contributed by atoms with Gasteiger partial charge in [0, 0.05) is 30.6 Å². The summed E-state index contributed by atoms with van der Waals surface area (Å²) in [5.41, 5.74) is 1.38. The first kappa shape index (κ1) is 18.9. The molecular weight excluding hydrogens is 360 g/mol. The topological polar surface area (TPSA) is 92.7 Å². The van der Waals surface area contributed by atoms with E-state index < -0.39 is 19.7 Å². The third kappa shape index (κ3) is 5.84. The Balaban J connectivity index is 1.94. The van der Waals surface area contributed by atoms with E-state index in [1.54, 1.807) is 42.8 Å². The van der Waals surface area contributed by atoms with Crippen LogP contribution in [-0.4, -0.2) is 35.6 Å². The average molecular weight is 378 g/mol. The van der Waals surface area contributed by atoms with Crippen molar-refractivity contribution < 1.29 is 16.8 Å². The van der Waals surface area contributed by atoms with Crippen molar-refractivity contribution in [3.05, 3.63) is 60.8 Å². The Hall–Kier alpha value is -2.45. The molecule has 0 aliphatic rings. The van der Waals surface area contributed by atoms with Gasteiger partial charge in [0.05, 0.1) is 15.5 Å². The quantitative estimate of drug-likeness (QED) is 0.780. The van der Waals surface area contributed by atoms with Crippen molar-refractivity contribution in [3.63, 3.8) is 0 Å². The molecule has 6 nitrogen and oxygen atoms in total. The summed E-state index contributed by atoms with van der Waals surface area (Å²) in [6.07, 6.45) is 7.21. The molecule has 0 saturated carbocycles. The lowest BCUT2D eigenvalue weighted by Gasteiger charge is -2.02. The summed E-state index contributed by atoms with van der Waals surface area (Å²) in [6, 6.07) is 12.7. The van der Waals surface area contributed by atoms with Gasteiger partial charge in [0.1, 0.15) is 0 Å². The zero-order valence-corrected chi connectivity index (χ0v) is 15.4. The van der Waals surface area contributed by atoms with Crippen LogP contribution in [0.1, 0.15) is 0 Å². The largest absolute Gasteiger partial charge is 0.362 e. The van der Waals surface area contributed by atoms with Gasteiger partial charge in [-0.05, 0) is 54.6 Å². The van der Waals surface area contributed by atoms with E-state index in [1.807, 2.05) is 0 Å². The van der Waals surface area contributed by atoms with Crippen LogP contribution in [0.5, 0.6) is 0 Å². The van der Waals surface area contributed by atoms with Gasteiger partial charge in [0.25, 0.3) is 0 Å². The molecule has 0 aliphatic heterocycles. The predicted octanol–water partition coefficient (Wildman–Crippen LogP) is 2.82. The molecule has 0 amide bonds. The zero-order valence-electron chi connectivity index (χ0n) is 13.7. The first-order valence-corrected chi connectivity index (χ1v) is 11.0. The van der Waals surface area contributed by atoms with Crippen LogP contribution in [0.4, 0.5) is 11.4 Å². The maximum absolute atomic E-state index is 11.4. The van der Waals surface area contributed by atoms with Crippen molar-refractivity contribution in [2.75, 3.05) is 17.8 Å². The summed E-state index contributed by atoms with van der Waals surface area (Å²) in [5.74, 6) is 0. The minimum absolute atomic E-state index is 0.251. The van der Waals surface area contributed by atoms with Gasteiger partial charge in [0.2, 0.25) is 0 Å². The lowest BCUT2D eigenvalue weighted by molar-refractivity contribution is 0.600. The molecule has 0 heterocycles. The molecule has 25 heavy (non-hydrogen) atoms. The van der Waals surface area contributed by atoms with Gasteiger partial charge in [-0.15, -0.1) is 0 Å². The molecule has 0 aliphatic carbocycles. The predicted molar refractivity (Wildman–Crippen MR) is 100 cm³/mol. The van der Waals surface area contributed by atoms with Crippen LogP contribution >= 0.6 is 0 Å². The number of aliphatic imine (C=N–C) groups is 1. The first-order chi connectivity index (χ1) is 11.7. The Morgan fingerprint density at radius 2 is 1.28 bits per heavy atom. The minimum atomic E-state index is -3.21. The maximum atomic E-state index is 11.4. The number of anilines is 1. The van der Waals surface area contributed by atoms with Gasteiger partial charge in [-0.2, -0.15) is 0 Å². The van der Waals surface area contributed by atoms with Crippen molar-refractivity contribution in [3.8, 4) is 0 Å². The van der Waals surface area contributed by atoms with Crippen molar-refractivity contribution in [2.24, 2.45) is 4.99 Å². The highest BCUT2D eigenvalue weighted by Crippen LogP contribution is 2.16. The lowest BCUT2D eigenvalue weighted by atomic mass is 10.3. The van der Waals surface area contributed by atoms with Gasteiger partial charge in [-0.1, -0.05) is 0 Å². The monoisotopic (exact) mass is 378 g/mol. The molecule has 2 aromatic carbocycles. The van der Waals surface area contributed by atoms with E-state index in [0.29, 0.717) is 5.69 Å². The van der Waals surface area contributed by atoms with Crippen LogP contribution in [0.25, 0.3) is 0 Å². The molecule has 0 spiro atoms.